The second-order valence-corrected chi connectivity index (χ2v) is 8.78. The molecule has 0 spiro atoms. The first-order chi connectivity index (χ1) is 13.0. The summed E-state index contributed by atoms with van der Waals surface area (Å²) in [6.45, 7) is 4.76. The first-order valence-electron chi connectivity index (χ1n) is 9.35. The number of sulfonamides is 1. The number of likely N-dealkylation sites (tertiary alicyclic amines) is 1. The highest BCUT2D eigenvalue weighted by Crippen LogP contribution is 2.17. The number of nitrogens with one attached hydrogen (secondary N) is 1. The minimum atomic E-state index is -3.63. The van der Waals surface area contributed by atoms with Gasteiger partial charge in [0.15, 0.2) is 5.78 Å². The van der Waals surface area contributed by atoms with E-state index in [1.165, 1.54) is 38.3 Å². The van der Waals surface area contributed by atoms with Crippen molar-refractivity contribution in [1.82, 2.24) is 9.62 Å². The Morgan fingerprint density at radius 3 is 2.22 bits per heavy atom. The van der Waals surface area contributed by atoms with Crippen LogP contribution in [0.5, 0.6) is 0 Å². The molecule has 5 nitrogen and oxygen atoms in total. The van der Waals surface area contributed by atoms with Crippen LogP contribution in [0.4, 0.5) is 0 Å². The number of piperidine rings is 1. The Balaban J connectivity index is 1.69. The Morgan fingerprint density at radius 2 is 1.59 bits per heavy atom. The van der Waals surface area contributed by atoms with Gasteiger partial charge in [0.25, 0.3) is 0 Å². The summed E-state index contributed by atoms with van der Waals surface area (Å²) in [5.41, 5.74) is 2.65. The third-order valence-electron chi connectivity index (χ3n) is 4.98. The number of carbonyl (C=O) groups is 1. The molecule has 0 atom stereocenters. The zero-order chi connectivity index (χ0) is 19.3. The SMILES string of the molecule is CC(=O)c1ccc(S(=O)(=O)NCc2ccccc2CN2CCCCC2)cc1. The number of carbonyl (C=O) groups excluding carboxylic acids is 1. The van der Waals surface area contributed by atoms with E-state index in [0.717, 1.165) is 30.8 Å². The molecule has 1 heterocycles. The number of nitrogens with zero attached hydrogens (tertiary/aromatic N) is 1. The molecule has 27 heavy (non-hydrogen) atoms. The third-order valence-corrected chi connectivity index (χ3v) is 6.40. The minimum Gasteiger partial charge on any atom is -0.299 e. The van der Waals surface area contributed by atoms with Crippen LogP contribution in [0.3, 0.4) is 0 Å². The van der Waals surface area contributed by atoms with E-state index in [4.69, 9.17) is 0 Å². The monoisotopic (exact) mass is 386 g/mol. The average molecular weight is 387 g/mol. The van der Waals surface area contributed by atoms with Crippen molar-refractivity contribution in [3.63, 3.8) is 0 Å². The largest absolute Gasteiger partial charge is 0.299 e. The van der Waals surface area contributed by atoms with Crippen LogP contribution in [-0.2, 0) is 23.1 Å². The topological polar surface area (TPSA) is 66.5 Å². The van der Waals surface area contributed by atoms with Gasteiger partial charge in [0.05, 0.1) is 4.90 Å². The number of rotatable bonds is 7. The molecular weight excluding hydrogens is 360 g/mol. The molecule has 1 aliphatic rings. The summed E-state index contributed by atoms with van der Waals surface area (Å²) in [6.07, 6.45) is 3.75. The van der Waals surface area contributed by atoms with E-state index in [0.29, 0.717) is 5.56 Å². The Labute approximate surface area is 161 Å². The predicted molar refractivity (Wildman–Crippen MR) is 106 cm³/mol. The van der Waals surface area contributed by atoms with Crippen molar-refractivity contribution in [3.8, 4) is 0 Å². The van der Waals surface area contributed by atoms with Crippen LogP contribution < -0.4 is 4.72 Å². The van der Waals surface area contributed by atoms with Gasteiger partial charge in [0, 0.05) is 18.7 Å². The van der Waals surface area contributed by atoms with Crippen molar-refractivity contribution >= 4 is 15.8 Å². The summed E-state index contributed by atoms with van der Waals surface area (Å²) in [5, 5.41) is 0. The number of benzene rings is 2. The van der Waals surface area contributed by atoms with Gasteiger partial charge in [0.1, 0.15) is 0 Å². The number of Topliss-reactive ketones (excluding diaryl/α,β-unsaturated/α-hetero) is 1. The molecule has 1 N–H and O–H groups in total. The van der Waals surface area contributed by atoms with Crippen molar-refractivity contribution in [2.45, 2.75) is 44.2 Å². The highest BCUT2D eigenvalue weighted by molar-refractivity contribution is 7.89. The summed E-state index contributed by atoms with van der Waals surface area (Å²) >= 11 is 0. The van der Waals surface area contributed by atoms with E-state index < -0.39 is 10.0 Å². The molecule has 0 radical (unpaired) electrons. The maximum Gasteiger partial charge on any atom is 0.240 e. The molecule has 6 heteroatoms. The molecule has 2 aromatic rings. The second-order valence-electron chi connectivity index (χ2n) is 7.01. The average Bonchev–Trinajstić information content (AvgIpc) is 2.68. The normalized spacial score (nSPS) is 15.6. The van der Waals surface area contributed by atoms with Gasteiger partial charge in [-0.2, -0.15) is 0 Å². The summed E-state index contributed by atoms with van der Waals surface area (Å²) in [7, 11) is -3.63. The van der Waals surface area contributed by atoms with Gasteiger partial charge in [0.2, 0.25) is 10.0 Å². The van der Waals surface area contributed by atoms with Crippen LogP contribution in [0.2, 0.25) is 0 Å². The van der Waals surface area contributed by atoms with E-state index in [1.54, 1.807) is 12.1 Å². The quantitative estimate of drug-likeness (QED) is 0.741. The van der Waals surface area contributed by atoms with Crippen molar-refractivity contribution in [1.29, 1.82) is 0 Å². The fourth-order valence-corrected chi connectivity index (χ4v) is 4.37. The minimum absolute atomic E-state index is 0.0847. The lowest BCUT2D eigenvalue weighted by Gasteiger charge is -2.27. The highest BCUT2D eigenvalue weighted by atomic mass is 32.2. The lowest BCUT2D eigenvalue weighted by Crippen LogP contribution is -2.30. The third kappa shape index (κ3) is 5.25. The molecule has 2 aromatic carbocycles. The van der Waals surface area contributed by atoms with Gasteiger partial charge in [-0.15, -0.1) is 0 Å². The van der Waals surface area contributed by atoms with Crippen molar-refractivity contribution < 1.29 is 13.2 Å². The smallest absolute Gasteiger partial charge is 0.240 e. The number of hydrogen-bond acceptors (Lipinski definition) is 4. The summed E-state index contributed by atoms with van der Waals surface area (Å²) in [6, 6.07) is 14.0. The van der Waals surface area contributed by atoms with Gasteiger partial charge in [-0.05, 0) is 56.1 Å². The Bertz CT molecular complexity index is 886. The Kier molecular flexibility index (Phi) is 6.42. The zero-order valence-corrected chi connectivity index (χ0v) is 16.5. The van der Waals surface area contributed by atoms with Crippen LogP contribution in [-0.4, -0.2) is 32.2 Å². The first-order valence-corrected chi connectivity index (χ1v) is 10.8. The molecule has 1 fully saturated rings. The van der Waals surface area contributed by atoms with E-state index in [1.807, 2.05) is 18.2 Å². The lowest BCUT2D eigenvalue weighted by atomic mass is 10.1. The van der Waals surface area contributed by atoms with E-state index in [9.17, 15) is 13.2 Å². The van der Waals surface area contributed by atoms with E-state index in [-0.39, 0.29) is 17.2 Å². The van der Waals surface area contributed by atoms with Crippen LogP contribution >= 0.6 is 0 Å². The van der Waals surface area contributed by atoms with E-state index >= 15 is 0 Å². The van der Waals surface area contributed by atoms with Crippen molar-refractivity contribution in [2.24, 2.45) is 0 Å². The van der Waals surface area contributed by atoms with Crippen LogP contribution in [0.25, 0.3) is 0 Å². The molecule has 0 unspecified atom stereocenters. The summed E-state index contributed by atoms with van der Waals surface area (Å²) in [4.78, 5) is 13.9. The molecule has 3 rings (SSSR count). The van der Waals surface area contributed by atoms with Gasteiger partial charge in [-0.25, -0.2) is 13.1 Å². The fraction of sp³-hybridized carbons (Fsp3) is 0.381. The van der Waals surface area contributed by atoms with Crippen molar-refractivity contribution in [2.75, 3.05) is 13.1 Å². The molecule has 144 valence electrons. The molecule has 0 aliphatic carbocycles. The first kappa shape index (κ1) is 19.7. The molecule has 0 amide bonds. The maximum atomic E-state index is 12.6. The van der Waals surface area contributed by atoms with Gasteiger partial charge in [-0.1, -0.05) is 42.8 Å². The predicted octanol–water partition coefficient (Wildman–Crippen LogP) is 3.35. The second kappa shape index (κ2) is 8.78. The molecular formula is C21H26N2O3S. The van der Waals surface area contributed by atoms with Gasteiger partial charge in [-0.3, -0.25) is 9.69 Å². The fourth-order valence-electron chi connectivity index (χ4n) is 3.37. The van der Waals surface area contributed by atoms with Crippen LogP contribution in [0.15, 0.2) is 53.4 Å². The van der Waals surface area contributed by atoms with Crippen LogP contribution in [0.1, 0.15) is 47.7 Å². The molecule has 1 aliphatic heterocycles. The highest BCUT2D eigenvalue weighted by Gasteiger charge is 2.16. The molecule has 1 saturated heterocycles. The molecule has 0 aromatic heterocycles. The summed E-state index contributed by atoms with van der Waals surface area (Å²) < 4.78 is 27.8. The number of hydrogen-bond donors (Lipinski definition) is 1. The van der Waals surface area contributed by atoms with E-state index in [2.05, 4.69) is 15.7 Å². The standard InChI is InChI=1S/C21H26N2O3S/c1-17(24)18-9-11-21(12-10-18)27(25,26)22-15-19-7-3-4-8-20(19)16-23-13-5-2-6-14-23/h3-4,7-12,22H,2,5-6,13-16H2,1H3. The molecule has 0 bridgehead atoms. The maximum absolute atomic E-state index is 12.6. The summed E-state index contributed by atoms with van der Waals surface area (Å²) in [5.74, 6) is -0.0847. The van der Waals surface area contributed by atoms with Gasteiger partial charge < -0.3 is 0 Å². The Morgan fingerprint density at radius 1 is 0.963 bits per heavy atom. The van der Waals surface area contributed by atoms with Gasteiger partial charge >= 0.3 is 0 Å². The number of ketones is 1. The lowest BCUT2D eigenvalue weighted by molar-refractivity contribution is 0.101. The Hall–Kier alpha value is -2.02. The zero-order valence-electron chi connectivity index (χ0n) is 15.6. The molecule has 0 saturated carbocycles. The van der Waals surface area contributed by atoms with Crippen molar-refractivity contribution in [3.05, 3.63) is 65.2 Å². The van der Waals surface area contributed by atoms with Crippen LogP contribution in [0, 0.1) is 0 Å².